The average Bonchev–Trinajstić information content (AvgIpc) is 2.94. The van der Waals surface area contributed by atoms with Crippen molar-refractivity contribution in [3.8, 4) is 0 Å². The highest BCUT2D eigenvalue weighted by molar-refractivity contribution is 5.19. The molecular formula is C17H22FN3O. The molecule has 118 valence electrons. The van der Waals surface area contributed by atoms with Gasteiger partial charge in [0, 0.05) is 32.4 Å². The zero-order chi connectivity index (χ0) is 15.4. The smallest absolute Gasteiger partial charge is 0.123 e. The fraction of sp³-hybridized carbons (Fsp3) is 0.471. The first-order valence-electron chi connectivity index (χ1n) is 7.79. The maximum absolute atomic E-state index is 13.0. The number of morpholine rings is 1. The summed E-state index contributed by atoms with van der Waals surface area (Å²) in [6, 6.07) is 6.63. The van der Waals surface area contributed by atoms with E-state index >= 15 is 0 Å². The van der Waals surface area contributed by atoms with Gasteiger partial charge in [0.15, 0.2) is 0 Å². The first-order valence-corrected chi connectivity index (χ1v) is 7.79. The maximum Gasteiger partial charge on any atom is 0.123 e. The molecule has 22 heavy (non-hydrogen) atoms. The van der Waals surface area contributed by atoms with Crippen molar-refractivity contribution in [1.82, 2.24) is 14.7 Å². The number of hydrogen-bond acceptors (Lipinski definition) is 3. The van der Waals surface area contributed by atoms with Gasteiger partial charge in [-0.2, -0.15) is 5.10 Å². The van der Waals surface area contributed by atoms with Crippen molar-refractivity contribution in [3.63, 3.8) is 0 Å². The Morgan fingerprint density at radius 1 is 1.27 bits per heavy atom. The molecule has 0 saturated carbocycles. The van der Waals surface area contributed by atoms with Crippen molar-refractivity contribution in [1.29, 1.82) is 0 Å². The van der Waals surface area contributed by atoms with Crippen LogP contribution in [-0.4, -0.2) is 40.9 Å². The third-order valence-corrected chi connectivity index (χ3v) is 4.02. The third kappa shape index (κ3) is 3.93. The lowest BCUT2D eigenvalue weighted by Gasteiger charge is -2.33. The minimum absolute atomic E-state index is 0.0429. The van der Waals surface area contributed by atoms with Gasteiger partial charge in [0.1, 0.15) is 5.82 Å². The number of ether oxygens (including phenoxy) is 1. The second-order valence-electron chi connectivity index (χ2n) is 5.85. The van der Waals surface area contributed by atoms with E-state index in [1.165, 1.54) is 17.7 Å². The summed E-state index contributed by atoms with van der Waals surface area (Å²) < 4.78 is 20.8. The number of aromatic nitrogens is 2. The van der Waals surface area contributed by atoms with Crippen LogP contribution in [0.3, 0.4) is 0 Å². The zero-order valence-corrected chi connectivity index (χ0v) is 12.9. The van der Waals surface area contributed by atoms with Crippen LogP contribution in [-0.2, 0) is 11.3 Å². The summed E-state index contributed by atoms with van der Waals surface area (Å²) in [7, 11) is 0. The van der Waals surface area contributed by atoms with Gasteiger partial charge < -0.3 is 4.74 Å². The summed E-state index contributed by atoms with van der Waals surface area (Å²) in [6.07, 6.45) is 5.07. The van der Waals surface area contributed by atoms with Gasteiger partial charge >= 0.3 is 0 Å². The van der Waals surface area contributed by atoms with Crippen LogP contribution in [0.25, 0.3) is 0 Å². The molecule has 0 bridgehead atoms. The summed E-state index contributed by atoms with van der Waals surface area (Å²) in [6.45, 7) is 6.56. The van der Waals surface area contributed by atoms with E-state index in [1.807, 2.05) is 23.0 Å². The minimum Gasteiger partial charge on any atom is -0.371 e. The predicted molar refractivity (Wildman–Crippen MR) is 83.1 cm³/mol. The Hall–Kier alpha value is -1.72. The molecule has 0 spiro atoms. The SMILES string of the molecule is Cc1cnn(CCCN2CCO[C@H](c3ccc(F)cc3)C2)c1. The van der Waals surface area contributed by atoms with E-state index in [1.54, 1.807) is 0 Å². The molecule has 0 unspecified atom stereocenters. The number of hydrogen-bond donors (Lipinski definition) is 0. The van der Waals surface area contributed by atoms with Gasteiger partial charge in [-0.1, -0.05) is 12.1 Å². The summed E-state index contributed by atoms with van der Waals surface area (Å²) >= 11 is 0. The van der Waals surface area contributed by atoms with Crippen LogP contribution in [0, 0.1) is 12.7 Å². The molecule has 4 nitrogen and oxygen atoms in total. The summed E-state index contributed by atoms with van der Waals surface area (Å²) in [5.74, 6) is -0.203. The van der Waals surface area contributed by atoms with Crippen LogP contribution in [0.15, 0.2) is 36.7 Å². The molecule has 1 aromatic heterocycles. The number of benzene rings is 1. The molecular weight excluding hydrogens is 281 g/mol. The lowest BCUT2D eigenvalue weighted by atomic mass is 10.1. The van der Waals surface area contributed by atoms with Crippen molar-refractivity contribution in [2.75, 3.05) is 26.2 Å². The van der Waals surface area contributed by atoms with E-state index in [4.69, 9.17) is 4.74 Å². The van der Waals surface area contributed by atoms with Gasteiger partial charge in [0.05, 0.1) is 18.9 Å². The molecule has 0 radical (unpaired) electrons. The molecule has 2 heterocycles. The molecule has 0 N–H and O–H groups in total. The molecule has 1 aliphatic heterocycles. The fourth-order valence-electron chi connectivity index (χ4n) is 2.83. The molecule has 1 saturated heterocycles. The number of halogens is 1. The summed E-state index contributed by atoms with van der Waals surface area (Å²) in [5.41, 5.74) is 2.25. The van der Waals surface area contributed by atoms with Crippen LogP contribution in [0.2, 0.25) is 0 Å². The highest BCUT2D eigenvalue weighted by Crippen LogP contribution is 2.22. The average molecular weight is 303 g/mol. The Morgan fingerprint density at radius 2 is 2.09 bits per heavy atom. The minimum atomic E-state index is -0.203. The normalized spacial score (nSPS) is 19.5. The summed E-state index contributed by atoms with van der Waals surface area (Å²) in [4.78, 5) is 2.41. The second kappa shape index (κ2) is 7.03. The van der Waals surface area contributed by atoms with Crippen molar-refractivity contribution in [2.24, 2.45) is 0 Å². The Morgan fingerprint density at radius 3 is 2.82 bits per heavy atom. The van der Waals surface area contributed by atoms with E-state index in [9.17, 15) is 4.39 Å². The van der Waals surface area contributed by atoms with Gasteiger partial charge in [-0.05, 0) is 36.6 Å². The van der Waals surface area contributed by atoms with Crippen LogP contribution in [0.4, 0.5) is 4.39 Å². The van der Waals surface area contributed by atoms with Crippen molar-refractivity contribution in [3.05, 3.63) is 53.6 Å². The van der Waals surface area contributed by atoms with Crippen molar-refractivity contribution < 1.29 is 9.13 Å². The Kier molecular flexibility index (Phi) is 4.85. The predicted octanol–water partition coefficient (Wildman–Crippen LogP) is 2.79. The highest BCUT2D eigenvalue weighted by atomic mass is 19.1. The molecule has 1 aromatic carbocycles. The maximum atomic E-state index is 13.0. The van der Waals surface area contributed by atoms with Gasteiger partial charge in [0.2, 0.25) is 0 Å². The number of nitrogens with zero attached hydrogens (tertiary/aromatic N) is 3. The largest absolute Gasteiger partial charge is 0.371 e. The molecule has 0 aliphatic carbocycles. The number of rotatable bonds is 5. The van der Waals surface area contributed by atoms with Crippen LogP contribution in [0.5, 0.6) is 0 Å². The quantitative estimate of drug-likeness (QED) is 0.851. The highest BCUT2D eigenvalue weighted by Gasteiger charge is 2.21. The fourth-order valence-corrected chi connectivity index (χ4v) is 2.83. The van der Waals surface area contributed by atoms with E-state index in [0.717, 1.165) is 44.8 Å². The first-order chi connectivity index (χ1) is 10.7. The van der Waals surface area contributed by atoms with Gasteiger partial charge in [0.25, 0.3) is 0 Å². The topological polar surface area (TPSA) is 30.3 Å². The molecule has 0 amide bonds. The van der Waals surface area contributed by atoms with E-state index in [-0.39, 0.29) is 11.9 Å². The van der Waals surface area contributed by atoms with Crippen LogP contribution in [0.1, 0.15) is 23.7 Å². The zero-order valence-electron chi connectivity index (χ0n) is 12.9. The molecule has 1 aliphatic rings. The monoisotopic (exact) mass is 303 g/mol. The standard InChI is InChI=1S/C17H22FN3O/c1-14-11-19-21(12-14)8-2-7-20-9-10-22-17(13-20)15-3-5-16(18)6-4-15/h3-6,11-12,17H,2,7-10,13H2,1H3/t17-/m0/s1. The van der Waals surface area contributed by atoms with Crippen LogP contribution < -0.4 is 0 Å². The van der Waals surface area contributed by atoms with Crippen molar-refractivity contribution in [2.45, 2.75) is 26.0 Å². The van der Waals surface area contributed by atoms with Gasteiger partial charge in [-0.15, -0.1) is 0 Å². The van der Waals surface area contributed by atoms with E-state index < -0.39 is 0 Å². The Labute approximate surface area is 130 Å². The lowest BCUT2D eigenvalue weighted by Crippen LogP contribution is -2.39. The molecule has 3 rings (SSSR count). The number of aryl methyl sites for hydroxylation is 2. The van der Waals surface area contributed by atoms with Gasteiger partial charge in [-0.3, -0.25) is 9.58 Å². The third-order valence-electron chi connectivity index (χ3n) is 4.02. The Bertz CT molecular complexity index is 596. The first kappa shape index (κ1) is 15.2. The van der Waals surface area contributed by atoms with E-state index in [2.05, 4.69) is 23.1 Å². The molecule has 1 fully saturated rings. The molecule has 5 heteroatoms. The van der Waals surface area contributed by atoms with Crippen molar-refractivity contribution >= 4 is 0 Å². The molecule has 1 atom stereocenters. The summed E-state index contributed by atoms with van der Waals surface area (Å²) in [5, 5.41) is 4.31. The second-order valence-corrected chi connectivity index (χ2v) is 5.85. The van der Waals surface area contributed by atoms with E-state index in [0.29, 0.717) is 0 Å². The Balaban J connectivity index is 1.49. The molecule has 2 aromatic rings. The van der Waals surface area contributed by atoms with Gasteiger partial charge in [-0.25, -0.2) is 4.39 Å². The lowest BCUT2D eigenvalue weighted by molar-refractivity contribution is -0.0305. The van der Waals surface area contributed by atoms with Crippen LogP contribution >= 0.6 is 0 Å².